The standard InChI is InChI=1S/C15H12BrF2NO2S/c1-9-3-2-4-11(21-15(17)18)14(9)19-13(20)8-6-10-5-7-12(16)22-10/h2-8,15H,1H3,(H,19,20). The summed E-state index contributed by atoms with van der Waals surface area (Å²) in [6.07, 6.45) is 2.99. The molecule has 1 N–H and O–H groups in total. The average Bonchev–Trinajstić information content (AvgIpc) is 2.86. The van der Waals surface area contributed by atoms with Crippen molar-refractivity contribution < 1.29 is 18.3 Å². The lowest BCUT2D eigenvalue weighted by Gasteiger charge is -2.13. The highest BCUT2D eigenvalue weighted by Crippen LogP contribution is 2.29. The van der Waals surface area contributed by atoms with Crippen LogP contribution in [0.1, 0.15) is 10.4 Å². The lowest BCUT2D eigenvalue weighted by molar-refractivity contribution is -0.111. The quantitative estimate of drug-likeness (QED) is 0.727. The number of carbonyl (C=O) groups excluding carboxylic acids is 1. The number of rotatable bonds is 5. The monoisotopic (exact) mass is 387 g/mol. The van der Waals surface area contributed by atoms with E-state index in [1.54, 1.807) is 25.1 Å². The molecule has 1 aromatic carbocycles. The molecule has 1 heterocycles. The summed E-state index contributed by atoms with van der Waals surface area (Å²) < 4.78 is 30.2. The van der Waals surface area contributed by atoms with Crippen molar-refractivity contribution in [2.24, 2.45) is 0 Å². The minimum Gasteiger partial charge on any atom is -0.433 e. The number of benzene rings is 1. The topological polar surface area (TPSA) is 38.3 Å². The second kappa shape index (κ2) is 7.51. The van der Waals surface area contributed by atoms with Gasteiger partial charge >= 0.3 is 6.61 Å². The van der Waals surface area contributed by atoms with Gasteiger partial charge in [0.15, 0.2) is 0 Å². The molecule has 2 aromatic rings. The molecule has 0 saturated carbocycles. The Bertz CT molecular complexity index is 701. The SMILES string of the molecule is Cc1cccc(OC(F)F)c1NC(=O)C=Cc1ccc(Br)s1. The maximum absolute atomic E-state index is 12.4. The molecule has 116 valence electrons. The van der Waals surface area contributed by atoms with Crippen molar-refractivity contribution in [3.8, 4) is 5.75 Å². The van der Waals surface area contributed by atoms with E-state index in [9.17, 15) is 13.6 Å². The highest BCUT2D eigenvalue weighted by atomic mass is 79.9. The molecule has 0 aliphatic heterocycles. The third-order valence-corrected chi connectivity index (χ3v) is 4.28. The number of hydrogen-bond donors (Lipinski definition) is 1. The second-order valence-corrected chi connectivity index (χ2v) is 6.79. The van der Waals surface area contributed by atoms with Crippen molar-refractivity contribution in [3.05, 3.63) is 50.6 Å². The summed E-state index contributed by atoms with van der Waals surface area (Å²) in [6.45, 7) is -1.25. The minimum absolute atomic E-state index is 0.0596. The zero-order chi connectivity index (χ0) is 16.1. The van der Waals surface area contributed by atoms with Crippen LogP contribution >= 0.6 is 27.3 Å². The summed E-state index contributed by atoms with van der Waals surface area (Å²) in [4.78, 5) is 12.8. The number of aryl methyl sites for hydroxylation is 1. The lowest BCUT2D eigenvalue weighted by atomic mass is 10.2. The molecule has 7 heteroatoms. The summed E-state index contributed by atoms with van der Waals surface area (Å²) in [6, 6.07) is 8.40. The normalized spacial score (nSPS) is 11.1. The molecule has 0 radical (unpaired) electrons. The van der Waals surface area contributed by atoms with E-state index >= 15 is 0 Å². The first-order valence-electron chi connectivity index (χ1n) is 6.24. The van der Waals surface area contributed by atoms with Crippen LogP contribution in [-0.4, -0.2) is 12.5 Å². The van der Waals surface area contributed by atoms with Crippen molar-refractivity contribution >= 4 is 44.9 Å². The molecule has 1 aromatic heterocycles. The number of thiophene rings is 1. The molecule has 0 atom stereocenters. The molecule has 0 unspecified atom stereocenters. The molecular formula is C15H12BrF2NO2S. The number of para-hydroxylation sites is 1. The van der Waals surface area contributed by atoms with Crippen LogP contribution in [0.15, 0.2) is 40.2 Å². The summed E-state index contributed by atoms with van der Waals surface area (Å²) in [7, 11) is 0. The summed E-state index contributed by atoms with van der Waals surface area (Å²) in [5.41, 5.74) is 0.878. The number of anilines is 1. The Kier molecular flexibility index (Phi) is 5.68. The van der Waals surface area contributed by atoms with E-state index in [0.29, 0.717) is 5.56 Å². The van der Waals surface area contributed by atoms with Gasteiger partial charge in [-0.25, -0.2) is 0 Å². The van der Waals surface area contributed by atoms with Crippen LogP contribution < -0.4 is 10.1 Å². The molecule has 3 nitrogen and oxygen atoms in total. The first-order valence-corrected chi connectivity index (χ1v) is 7.85. The van der Waals surface area contributed by atoms with Gasteiger partial charge in [0, 0.05) is 11.0 Å². The van der Waals surface area contributed by atoms with Gasteiger partial charge in [-0.15, -0.1) is 11.3 Å². The molecule has 22 heavy (non-hydrogen) atoms. The van der Waals surface area contributed by atoms with Gasteiger partial charge in [-0.2, -0.15) is 8.78 Å². The molecule has 2 rings (SSSR count). The van der Waals surface area contributed by atoms with E-state index in [0.717, 1.165) is 8.66 Å². The molecule has 0 bridgehead atoms. The number of carbonyl (C=O) groups is 1. The number of hydrogen-bond acceptors (Lipinski definition) is 3. The van der Waals surface area contributed by atoms with Crippen molar-refractivity contribution in [1.82, 2.24) is 0 Å². The van der Waals surface area contributed by atoms with E-state index in [1.807, 2.05) is 12.1 Å². The Morgan fingerprint density at radius 2 is 2.14 bits per heavy atom. The maximum Gasteiger partial charge on any atom is 0.387 e. The number of alkyl halides is 2. The Labute approximate surface area is 138 Å². The molecule has 0 aliphatic carbocycles. The summed E-state index contributed by atoms with van der Waals surface area (Å²) in [5, 5.41) is 2.57. The molecule has 1 amide bonds. The van der Waals surface area contributed by atoms with E-state index in [1.165, 1.54) is 23.5 Å². The third-order valence-electron chi connectivity index (χ3n) is 2.69. The predicted octanol–water partition coefficient (Wildman–Crippen LogP) is 5.07. The third kappa shape index (κ3) is 4.64. The summed E-state index contributed by atoms with van der Waals surface area (Å²) >= 11 is 4.81. The number of halogens is 3. The van der Waals surface area contributed by atoms with Crippen LogP contribution in [0.5, 0.6) is 5.75 Å². The van der Waals surface area contributed by atoms with Crippen LogP contribution in [0.3, 0.4) is 0 Å². The van der Waals surface area contributed by atoms with Gasteiger partial charge in [0.05, 0.1) is 9.47 Å². The minimum atomic E-state index is -2.95. The summed E-state index contributed by atoms with van der Waals surface area (Å²) in [5.74, 6) is -0.478. The average molecular weight is 388 g/mol. The molecular weight excluding hydrogens is 376 g/mol. The van der Waals surface area contributed by atoms with E-state index in [4.69, 9.17) is 0 Å². The highest BCUT2D eigenvalue weighted by molar-refractivity contribution is 9.11. The van der Waals surface area contributed by atoms with Crippen LogP contribution in [0.25, 0.3) is 6.08 Å². The first kappa shape index (κ1) is 16.6. The van der Waals surface area contributed by atoms with Gasteiger partial charge in [0.2, 0.25) is 5.91 Å². The lowest BCUT2D eigenvalue weighted by Crippen LogP contribution is -2.12. The van der Waals surface area contributed by atoms with Crippen LogP contribution in [0.2, 0.25) is 0 Å². The van der Waals surface area contributed by atoms with E-state index < -0.39 is 12.5 Å². The fraction of sp³-hybridized carbons (Fsp3) is 0.133. The molecule has 0 aliphatic rings. The largest absolute Gasteiger partial charge is 0.433 e. The smallest absolute Gasteiger partial charge is 0.387 e. The zero-order valence-corrected chi connectivity index (χ0v) is 13.9. The Balaban J connectivity index is 2.12. The Morgan fingerprint density at radius 3 is 2.77 bits per heavy atom. The van der Waals surface area contributed by atoms with Gasteiger partial charge in [-0.3, -0.25) is 4.79 Å². The van der Waals surface area contributed by atoms with Crippen molar-refractivity contribution in [2.75, 3.05) is 5.32 Å². The van der Waals surface area contributed by atoms with Gasteiger partial charge in [0.1, 0.15) is 5.75 Å². The fourth-order valence-corrected chi connectivity index (χ4v) is 3.06. The van der Waals surface area contributed by atoms with Gasteiger partial charge < -0.3 is 10.1 Å². The van der Waals surface area contributed by atoms with E-state index in [2.05, 4.69) is 26.0 Å². The predicted molar refractivity (Wildman–Crippen MR) is 87.5 cm³/mol. The number of nitrogens with one attached hydrogen (secondary N) is 1. The Morgan fingerprint density at radius 1 is 1.36 bits per heavy atom. The van der Waals surface area contributed by atoms with Crippen LogP contribution in [-0.2, 0) is 4.79 Å². The van der Waals surface area contributed by atoms with E-state index in [-0.39, 0.29) is 11.4 Å². The van der Waals surface area contributed by atoms with Crippen molar-refractivity contribution in [1.29, 1.82) is 0 Å². The van der Waals surface area contributed by atoms with Gasteiger partial charge in [0.25, 0.3) is 0 Å². The Hall–Kier alpha value is -1.73. The van der Waals surface area contributed by atoms with Crippen LogP contribution in [0.4, 0.5) is 14.5 Å². The highest BCUT2D eigenvalue weighted by Gasteiger charge is 2.13. The first-order chi connectivity index (χ1) is 10.5. The molecule has 0 saturated heterocycles. The number of ether oxygens (including phenoxy) is 1. The maximum atomic E-state index is 12.4. The molecule has 0 spiro atoms. The molecule has 0 fully saturated rings. The van der Waals surface area contributed by atoms with Gasteiger partial charge in [-0.1, -0.05) is 12.1 Å². The van der Waals surface area contributed by atoms with Crippen molar-refractivity contribution in [2.45, 2.75) is 13.5 Å². The van der Waals surface area contributed by atoms with Crippen molar-refractivity contribution in [3.63, 3.8) is 0 Å². The number of amides is 1. The second-order valence-electron chi connectivity index (χ2n) is 4.29. The fourth-order valence-electron chi connectivity index (χ4n) is 1.74. The zero-order valence-electron chi connectivity index (χ0n) is 11.5. The van der Waals surface area contributed by atoms with Gasteiger partial charge in [-0.05, 0) is 52.7 Å². The van der Waals surface area contributed by atoms with Crippen LogP contribution in [0, 0.1) is 6.92 Å².